The van der Waals surface area contributed by atoms with Crippen molar-refractivity contribution in [3.63, 3.8) is 0 Å². The lowest BCUT2D eigenvalue weighted by molar-refractivity contribution is -0.120. The molecule has 0 unspecified atom stereocenters. The summed E-state index contributed by atoms with van der Waals surface area (Å²) in [4.78, 5) is 21.5. The Morgan fingerprint density at radius 1 is 1.56 bits per heavy atom. The molecular weight excluding hydrogens is 232 g/mol. The van der Waals surface area contributed by atoms with Gasteiger partial charge in [-0.15, -0.1) is 0 Å². The number of anilines is 3. The number of amides is 1. The monoisotopic (exact) mass is 250 g/mol. The van der Waals surface area contributed by atoms with Crippen molar-refractivity contribution in [1.29, 1.82) is 0 Å². The number of rotatable bonds is 4. The van der Waals surface area contributed by atoms with Gasteiger partial charge in [0.15, 0.2) is 0 Å². The third kappa shape index (κ3) is 2.99. The van der Waals surface area contributed by atoms with Gasteiger partial charge < -0.3 is 21.3 Å². The predicted octanol–water partition coefficient (Wildman–Crippen LogP) is -0.183. The van der Waals surface area contributed by atoms with Gasteiger partial charge in [0.2, 0.25) is 11.9 Å². The molecule has 1 aliphatic heterocycles. The molecule has 0 atom stereocenters. The summed E-state index contributed by atoms with van der Waals surface area (Å²) in [5, 5.41) is 5.94. The van der Waals surface area contributed by atoms with Crippen LogP contribution in [0.4, 0.5) is 17.6 Å². The third-order valence-corrected chi connectivity index (χ3v) is 2.65. The zero-order valence-corrected chi connectivity index (χ0v) is 10.4. The molecule has 1 amide bonds. The van der Waals surface area contributed by atoms with E-state index >= 15 is 0 Å². The van der Waals surface area contributed by atoms with Gasteiger partial charge in [0.1, 0.15) is 11.6 Å². The van der Waals surface area contributed by atoms with Gasteiger partial charge in [0.25, 0.3) is 0 Å². The molecule has 2 rings (SSSR count). The van der Waals surface area contributed by atoms with Crippen LogP contribution in [-0.2, 0) is 4.79 Å². The van der Waals surface area contributed by atoms with Gasteiger partial charge in [0.05, 0.1) is 6.54 Å². The number of piperazine rings is 1. The summed E-state index contributed by atoms with van der Waals surface area (Å²) in [6, 6.07) is 1.82. The highest BCUT2D eigenvalue weighted by atomic mass is 16.2. The predicted molar refractivity (Wildman–Crippen MR) is 70.4 cm³/mol. The minimum Gasteiger partial charge on any atom is -0.370 e. The minimum atomic E-state index is 0.00139. The van der Waals surface area contributed by atoms with E-state index in [9.17, 15) is 4.79 Å². The maximum absolute atomic E-state index is 11.3. The van der Waals surface area contributed by atoms with Gasteiger partial charge in [-0.25, -0.2) is 0 Å². The van der Waals surface area contributed by atoms with Gasteiger partial charge in [-0.2, -0.15) is 9.97 Å². The summed E-state index contributed by atoms with van der Waals surface area (Å²) >= 11 is 0. The molecule has 7 heteroatoms. The molecule has 1 aromatic rings. The van der Waals surface area contributed by atoms with Crippen LogP contribution in [0.25, 0.3) is 0 Å². The molecule has 1 aliphatic rings. The molecule has 18 heavy (non-hydrogen) atoms. The average molecular weight is 250 g/mol. The fourth-order valence-electron chi connectivity index (χ4n) is 1.79. The van der Waals surface area contributed by atoms with Gasteiger partial charge in [-0.1, -0.05) is 6.92 Å². The highest BCUT2D eigenvalue weighted by Gasteiger charge is 2.18. The summed E-state index contributed by atoms with van der Waals surface area (Å²) in [5.74, 6) is 1.61. The number of nitrogens with one attached hydrogen (secondary N) is 2. The maximum atomic E-state index is 11.3. The Bertz CT molecular complexity index is 436. The van der Waals surface area contributed by atoms with E-state index in [-0.39, 0.29) is 11.9 Å². The SMILES string of the molecule is CCCNc1cc(N2CCNC(=O)C2)nc(N)n1. The first-order chi connectivity index (χ1) is 8.69. The lowest BCUT2D eigenvalue weighted by atomic mass is 10.3. The fourth-order valence-corrected chi connectivity index (χ4v) is 1.79. The summed E-state index contributed by atoms with van der Waals surface area (Å²) < 4.78 is 0. The lowest BCUT2D eigenvalue weighted by Crippen LogP contribution is -2.48. The Morgan fingerprint density at radius 2 is 2.39 bits per heavy atom. The van der Waals surface area contributed by atoms with Crippen LogP contribution in [0.3, 0.4) is 0 Å². The molecule has 7 nitrogen and oxygen atoms in total. The number of nitrogen functional groups attached to an aromatic ring is 1. The van der Waals surface area contributed by atoms with E-state index in [2.05, 4.69) is 27.5 Å². The largest absolute Gasteiger partial charge is 0.370 e. The Labute approximate surface area is 106 Å². The summed E-state index contributed by atoms with van der Waals surface area (Å²) in [5.41, 5.74) is 5.68. The van der Waals surface area contributed by atoms with E-state index in [1.165, 1.54) is 0 Å². The van der Waals surface area contributed by atoms with Gasteiger partial charge in [0, 0.05) is 25.7 Å². The summed E-state index contributed by atoms with van der Waals surface area (Å²) in [7, 11) is 0. The number of carbonyl (C=O) groups excluding carboxylic acids is 1. The van der Waals surface area contributed by atoms with E-state index < -0.39 is 0 Å². The Balaban J connectivity index is 2.16. The first-order valence-electron chi connectivity index (χ1n) is 6.09. The maximum Gasteiger partial charge on any atom is 0.239 e. The number of carbonyl (C=O) groups is 1. The van der Waals surface area contributed by atoms with Gasteiger partial charge in [-0.05, 0) is 6.42 Å². The minimum absolute atomic E-state index is 0.00139. The Morgan fingerprint density at radius 3 is 3.11 bits per heavy atom. The first kappa shape index (κ1) is 12.4. The van der Waals surface area contributed by atoms with Crippen LogP contribution >= 0.6 is 0 Å². The molecule has 1 saturated heterocycles. The van der Waals surface area contributed by atoms with E-state index in [0.29, 0.717) is 24.7 Å². The van der Waals surface area contributed by atoms with Crippen molar-refractivity contribution in [2.45, 2.75) is 13.3 Å². The van der Waals surface area contributed by atoms with E-state index in [4.69, 9.17) is 5.73 Å². The molecule has 4 N–H and O–H groups in total. The quantitative estimate of drug-likeness (QED) is 0.686. The molecule has 1 fully saturated rings. The number of aromatic nitrogens is 2. The zero-order chi connectivity index (χ0) is 13.0. The average Bonchev–Trinajstić information content (AvgIpc) is 2.36. The molecular formula is C11H18N6O. The van der Waals surface area contributed by atoms with E-state index in [0.717, 1.165) is 19.5 Å². The van der Waals surface area contributed by atoms with Crippen LogP contribution in [-0.4, -0.2) is 42.1 Å². The number of nitrogens with zero attached hydrogens (tertiary/aromatic N) is 3. The number of hydrogen-bond acceptors (Lipinski definition) is 6. The standard InChI is InChI=1S/C11H18N6O/c1-2-3-13-8-6-9(16-11(12)15-8)17-5-4-14-10(18)7-17/h6H,2-5,7H2,1H3,(H,14,18)(H3,12,13,15,16). The first-order valence-corrected chi connectivity index (χ1v) is 6.09. The van der Waals surface area contributed by atoms with E-state index in [1.54, 1.807) is 0 Å². The topological polar surface area (TPSA) is 96.2 Å². The molecule has 1 aromatic heterocycles. The molecule has 0 aliphatic carbocycles. The Hall–Kier alpha value is -2.05. The molecule has 0 spiro atoms. The molecule has 0 saturated carbocycles. The second kappa shape index (κ2) is 5.52. The summed E-state index contributed by atoms with van der Waals surface area (Å²) in [6.45, 7) is 4.57. The number of hydrogen-bond donors (Lipinski definition) is 3. The smallest absolute Gasteiger partial charge is 0.239 e. The Kier molecular flexibility index (Phi) is 3.81. The van der Waals surface area contributed by atoms with Crippen LogP contribution < -0.4 is 21.3 Å². The number of nitrogens with two attached hydrogens (primary N) is 1. The molecule has 98 valence electrons. The second-order valence-corrected chi connectivity index (χ2v) is 4.17. The summed E-state index contributed by atoms with van der Waals surface area (Å²) in [6.07, 6.45) is 1.01. The van der Waals surface area contributed by atoms with Crippen molar-refractivity contribution in [3.05, 3.63) is 6.07 Å². The second-order valence-electron chi connectivity index (χ2n) is 4.17. The van der Waals surface area contributed by atoms with Crippen molar-refractivity contribution < 1.29 is 4.79 Å². The van der Waals surface area contributed by atoms with Crippen LogP contribution in [0.15, 0.2) is 6.07 Å². The van der Waals surface area contributed by atoms with Crippen molar-refractivity contribution in [2.75, 3.05) is 42.1 Å². The van der Waals surface area contributed by atoms with Crippen LogP contribution in [0, 0.1) is 0 Å². The third-order valence-electron chi connectivity index (χ3n) is 2.65. The van der Waals surface area contributed by atoms with E-state index in [1.807, 2.05) is 11.0 Å². The highest BCUT2D eigenvalue weighted by molar-refractivity contribution is 5.82. The lowest BCUT2D eigenvalue weighted by Gasteiger charge is -2.27. The fraction of sp³-hybridized carbons (Fsp3) is 0.545. The molecule has 0 bridgehead atoms. The van der Waals surface area contributed by atoms with Gasteiger partial charge >= 0.3 is 0 Å². The molecule has 0 radical (unpaired) electrons. The van der Waals surface area contributed by atoms with Crippen molar-refractivity contribution >= 4 is 23.5 Å². The molecule has 2 heterocycles. The van der Waals surface area contributed by atoms with Crippen molar-refractivity contribution in [1.82, 2.24) is 15.3 Å². The molecule has 0 aromatic carbocycles. The van der Waals surface area contributed by atoms with Crippen molar-refractivity contribution in [2.24, 2.45) is 0 Å². The van der Waals surface area contributed by atoms with Crippen LogP contribution in [0.2, 0.25) is 0 Å². The van der Waals surface area contributed by atoms with Crippen molar-refractivity contribution in [3.8, 4) is 0 Å². The van der Waals surface area contributed by atoms with Crippen LogP contribution in [0.1, 0.15) is 13.3 Å². The normalized spacial score (nSPS) is 15.4. The highest BCUT2D eigenvalue weighted by Crippen LogP contribution is 2.17. The van der Waals surface area contributed by atoms with Gasteiger partial charge in [-0.3, -0.25) is 4.79 Å². The zero-order valence-electron chi connectivity index (χ0n) is 10.4. The van der Waals surface area contributed by atoms with Crippen LogP contribution in [0.5, 0.6) is 0 Å².